The van der Waals surface area contributed by atoms with E-state index in [1.54, 1.807) is 0 Å². The highest BCUT2D eigenvalue weighted by Crippen LogP contribution is 2.50. The Morgan fingerprint density at radius 2 is 1.58 bits per heavy atom. The molecule has 0 radical (unpaired) electrons. The molecule has 0 N–H and O–H groups in total. The largest absolute Gasteiger partial charge is 0.299 e. The van der Waals surface area contributed by atoms with Gasteiger partial charge in [0.2, 0.25) is 0 Å². The van der Waals surface area contributed by atoms with Crippen LogP contribution in [0.25, 0.3) is 0 Å². The summed E-state index contributed by atoms with van der Waals surface area (Å²) in [4.78, 5) is 12.7. The van der Waals surface area contributed by atoms with Crippen molar-refractivity contribution in [3.05, 3.63) is 0 Å². The first-order valence-corrected chi connectivity index (χ1v) is 8.49. The molecular weight excluding hydrogens is 232 g/mol. The quantitative estimate of drug-likeness (QED) is 0.695. The molecule has 0 aromatic heterocycles. The summed E-state index contributed by atoms with van der Waals surface area (Å²) >= 11 is 0. The molecule has 0 aliphatic heterocycles. The first kappa shape index (κ1) is 13.6. The number of hydrogen-bond acceptors (Lipinski definition) is 1. The van der Waals surface area contributed by atoms with Crippen LogP contribution >= 0.6 is 0 Å². The first-order chi connectivity index (χ1) is 8.95. The second-order valence-corrected chi connectivity index (χ2v) is 8.60. The normalized spacial score (nSPS) is 42.6. The molecule has 1 heteroatoms. The summed E-state index contributed by atoms with van der Waals surface area (Å²) in [6, 6.07) is 0. The molecule has 3 unspecified atom stereocenters. The van der Waals surface area contributed by atoms with Crippen molar-refractivity contribution >= 4 is 5.78 Å². The highest BCUT2D eigenvalue weighted by Gasteiger charge is 2.45. The lowest BCUT2D eigenvalue weighted by Gasteiger charge is -2.37. The van der Waals surface area contributed by atoms with Gasteiger partial charge in [0.25, 0.3) is 0 Å². The molecule has 3 aliphatic rings. The average Bonchev–Trinajstić information content (AvgIpc) is 2.99. The van der Waals surface area contributed by atoms with Crippen molar-refractivity contribution in [2.45, 2.75) is 72.1 Å². The predicted octanol–water partition coefficient (Wildman–Crippen LogP) is 4.84. The van der Waals surface area contributed by atoms with Crippen LogP contribution in [0.5, 0.6) is 0 Å². The van der Waals surface area contributed by atoms with Crippen LogP contribution in [0.2, 0.25) is 0 Å². The van der Waals surface area contributed by atoms with Crippen LogP contribution in [-0.2, 0) is 4.79 Å². The number of carbonyl (C=O) groups is 1. The topological polar surface area (TPSA) is 17.1 Å². The van der Waals surface area contributed by atoms with E-state index in [1.165, 1.54) is 51.4 Å². The zero-order valence-corrected chi connectivity index (χ0v) is 13.0. The van der Waals surface area contributed by atoms with Crippen LogP contribution in [-0.4, -0.2) is 5.78 Å². The fourth-order valence-corrected chi connectivity index (χ4v) is 5.14. The Balaban J connectivity index is 1.55. The number of fused-ring (bicyclic) bond motifs is 2. The third-order valence-corrected chi connectivity index (χ3v) is 6.46. The molecule has 0 aromatic carbocycles. The summed E-state index contributed by atoms with van der Waals surface area (Å²) in [6.07, 6.45) is 10.3. The van der Waals surface area contributed by atoms with Crippen LogP contribution in [0.3, 0.4) is 0 Å². The van der Waals surface area contributed by atoms with E-state index in [9.17, 15) is 4.79 Å². The molecule has 0 spiro atoms. The maximum atomic E-state index is 12.7. The summed E-state index contributed by atoms with van der Waals surface area (Å²) in [5.41, 5.74) is 0.431. The van der Waals surface area contributed by atoms with Gasteiger partial charge in [-0.25, -0.2) is 0 Å². The molecule has 3 atom stereocenters. The highest BCUT2D eigenvalue weighted by atomic mass is 16.1. The molecule has 3 rings (SSSR count). The third-order valence-electron chi connectivity index (χ3n) is 6.46. The standard InChI is InChI=1S/C18H30O/c1-18(2,3)15-8-6-13(7-9-15)17(19)16-11-12-4-5-14(16)10-12/h12-16H,4-11H2,1-3H3. The van der Waals surface area contributed by atoms with E-state index in [1.807, 2.05) is 0 Å². The lowest BCUT2D eigenvalue weighted by atomic mass is 9.67. The van der Waals surface area contributed by atoms with Crippen LogP contribution in [0.1, 0.15) is 72.1 Å². The van der Waals surface area contributed by atoms with Gasteiger partial charge in [-0.1, -0.05) is 27.2 Å². The SMILES string of the molecule is CC(C)(C)C1CCC(C(=O)C2CC3CCC2C3)CC1. The van der Waals surface area contributed by atoms with Gasteiger partial charge in [0.1, 0.15) is 5.78 Å². The van der Waals surface area contributed by atoms with Gasteiger partial charge in [0.05, 0.1) is 0 Å². The van der Waals surface area contributed by atoms with Gasteiger partial charge in [0, 0.05) is 11.8 Å². The van der Waals surface area contributed by atoms with E-state index in [-0.39, 0.29) is 0 Å². The Bertz CT molecular complexity index is 343. The minimum Gasteiger partial charge on any atom is -0.299 e. The van der Waals surface area contributed by atoms with Gasteiger partial charge in [-0.3, -0.25) is 4.79 Å². The van der Waals surface area contributed by atoms with Crippen LogP contribution < -0.4 is 0 Å². The molecule has 3 aliphatic carbocycles. The molecule has 0 amide bonds. The Labute approximate surface area is 118 Å². The van der Waals surface area contributed by atoms with E-state index in [2.05, 4.69) is 20.8 Å². The van der Waals surface area contributed by atoms with Crippen molar-refractivity contribution in [2.24, 2.45) is 35.0 Å². The van der Waals surface area contributed by atoms with E-state index < -0.39 is 0 Å². The van der Waals surface area contributed by atoms with Crippen molar-refractivity contribution in [1.82, 2.24) is 0 Å². The monoisotopic (exact) mass is 262 g/mol. The van der Waals surface area contributed by atoms with Gasteiger partial charge in [-0.05, 0) is 68.1 Å². The fraction of sp³-hybridized carbons (Fsp3) is 0.944. The van der Waals surface area contributed by atoms with E-state index >= 15 is 0 Å². The molecule has 2 bridgehead atoms. The zero-order chi connectivity index (χ0) is 13.6. The van der Waals surface area contributed by atoms with Crippen molar-refractivity contribution in [2.75, 3.05) is 0 Å². The lowest BCUT2D eigenvalue weighted by molar-refractivity contribution is -0.130. The predicted molar refractivity (Wildman–Crippen MR) is 78.8 cm³/mol. The van der Waals surface area contributed by atoms with Gasteiger partial charge in [-0.2, -0.15) is 0 Å². The molecular formula is C18H30O. The van der Waals surface area contributed by atoms with E-state index in [0.29, 0.717) is 23.0 Å². The molecule has 19 heavy (non-hydrogen) atoms. The Kier molecular flexibility index (Phi) is 3.52. The van der Waals surface area contributed by atoms with Gasteiger partial charge < -0.3 is 0 Å². The number of hydrogen-bond donors (Lipinski definition) is 0. The maximum Gasteiger partial charge on any atom is 0.139 e. The molecule has 0 heterocycles. The summed E-state index contributed by atoms with van der Waals surface area (Å²) in [5, 5.41) is 0. The van der Waals surface area contributed by atoms with Crippen LogP contribution in [0.15, 0.2) is 0 Å². The van der Waals surface area contributed by atoms with E-state index in [4.69, 9.17) is 0 Å². The second-order valence-electron chi connectivity index (χ2n) is 8.60. The fourth-order valence-electron chi connectivity index (χ4n) is 5.14. The number of ketones is 1. The first-order valence-electron chi connectivity index (χ1n) is 8.49. The summed E-state index contributed by atoms with van der Waals surface area (Å²) in [6.45, 7) is 7.07. The molecule has 0 aromatic rings. The summed E-state index contributed by atoms with van der Waals surface area (Å²) in [5.74, 6) is 4.07. The van der Waals surface area contributed by atoms with Crippen LogP contribution in [0, 0.1) is 35.0 Å². The average molecular weight is 262 g/mol. The lowest BCUT2D eigenvalue weighted by Crippen LogP contribution is -2.33. The van der Waals surface area contributed by atoms with Gasteiger partial charge in [-0.15, -0.1) is 0 Å². The third kappa shape index (κ3) is 2.62. The van der Waals surface area contributed by atoms with Gasteiger partial charge >= 0.3 is 0 Å². The Hall–Kier alpha value is -0.330. The van der Waals surface area contributed by atoms with Crippen molar-refractivity contribution in [3.63, 3.8) is 0 Å². The molecule has 1 nitrogen and oxygen atoms in total. The Morgan fingerprint density at radius 3 is 2.05 bits per heavy atom. The zero-order valence-electron chi connectivity index (χ0n) is 13.0. The number of rotatable bonds is 2. The number of Topliss-reactive ketones (excluding diaryl/α,β-unsaturated/α-hetero) is 1. The minimum absolute atomic E-state index is 0.419. The minimum atomic E-state index is 0.419. The van der Waals surface area contributed by atoms with E-state index in [0.717, 1.165) is 17.8 Å². The second kappa shape index (κ2) is 4.90. The van der Waals surface area contributed by atoms with Crippen LogP contribution in [0.4, 0.5) is 0 Å². The molecule has 3 saturated carbocycles. The summed E-state index contributed by atoms with van der Waals surface area (Å²) < 4.78 is 0. The van der Waals surface area contributed by atoms with Crippen molar-refractivity contribution < 1.29 is 4.79 Å². The maximum absolute atomic E-state index is 12.7. The van der Waals surface area contributed by atoms with Crippen molar-refractivity contribution in [3.8, 4) is 0 Å². The van der Waals surface area contributed by atoms with Gasteiger partial charge in [0.15, 0.2) is 0 Å². The number of carbonyl (C=O) groups excluding carboxylic acids is 1. The Morgan fingerprint density at radius 1 is 0.895 bits per heavy atom. The highest BCUT2D eigenvalue weighted by molar-refractivity contribution is 5.84. The molecule has 3 fully saturated rings. The van der Waals surface area contributed by atoms with Crippen molar-refractivity contribution in [1.29, 1.82) is 0 Å². The summed E-state index contributed by atoms with van der Waals surface area (Å²) in [7, 11) is 0. The molecule has 108 valence electrons. The molecule has 0 saturated heterocycles. The smallest absolute Gasteiger partial charge is 0.139 e.